The molecule has 0 fully saturated rings. The van der Waals surface area contributed by atoms with Gasteiger partial charge in [0.1, 0.15) is 0 Å². The molecule has 3 aromatic rings. The third kappa shape index (κ3) is 3.08. The van der Waals surface area contributed by atoms with E-state index in [9.17, 15) is 0 Å². The normalized spacial score (nSPS) is 10.8. The lowest BCUT2D eigenvalue weighted by atomic mass is 9.87. The van der Waals surface area contributed by atoms with E-state index in [2.05, 4.69) is 51.8 Å². The van der Waals surface area contributed by atoms with Gasteiger partial charge in [0.2, 0.25) is 0 Å². The van der Waals surface area contributed by atoms with E-state index in [-0.39, 0.29) is 5.92 Å². The predicted octanol–water partition coefficient (Wildman–Crippen LogP) is 4.45. The largest absolute Gasteiger partial charge is 0.397 e. The molecule has 3 heteroatoms. The molecule has 0 bridgehead atoms. The Kier molecular flexibility index (Phi) is 4.20. The van der Waals surface area contributed by atoms with Crippen LogP contribution in [0.1, 0.15) is 22.7 Å². The third-order valence-corrected chi connectivity index (χ3v) is 4.05. The minimum Gasteiger partial charge on any atom is -0.397 e. The lowest BCUT2D eigenvalue weighted by Gasteiger charge is -2.19. The maximum absolute atomic E-state index is 6.23. The van der Waals surface area contributed by atoms with Crippen LogP contribution in [0, 0.1) is 3.57 Å². The standard InChI is InChI=1S/C18H15IN2/c19-15-11-16(20)18(21-12-15)17(13-7-3-1-4-8-13)14-9-5-2-6-10-14/h1-12,17H,20H2. The topological polar surface area (TPSA) is 38.9 Å². The van der Waals surface area contributed by atoms with Crippen LogP contribution in [0.4, 0.5) is 5.69 Å². The van der Waals surface area contributed by atoms with Gasteiger partial charge < -0.3 is 5.73 Å². The average molecular weight is 386 g/mol. The maximum Gasteiger partial charge on any atom is 0.0752 e. The molecule has 2 N–H and O–H groups in total. The van der Waals surface area contributed by atoms with Crippen molar-refractivity contribution in [3.8, 4) is 0 Å². The molecule has 1 heterocycles. The quantitative estimate of drug-likeness (QED) is 0.676. The molecule has 3 rings (SSSR count). The summed E-state index contributed by atoms with van der Waals surface area (Å²) in [5.74, 6) is 0.0596. The molecule has 2 aromatic carbocycles. The number of halogens is 1. The number of anilines is 1. The zero-order valence-corrected chi connectivity index (χ0v) is 13.6. The summed E-state index contributed by atoms with van der Waals surface area (Å²) in [4.78, 5) is 4.60. The monoisotopic (exact) mass is 386 g/mol. The van der Waals surface area contributed by atoms with Crippen LogP contribution in [-0.2, 0) is 0 Å². The minimum atomic E-state index is 0.0596. The van der Waals surface area contributed by atoms with Crippen molar-refractivity contribution in [1.29, 1.82) is 0 Å². The Balaban J connectivity index is 2.17. The second-order valence-corrected chi connectivity index (χ2v) is 6.13. The molecular weight excluding hydrogens is 371 g/mol. The molecule has 0 aliphatic heterocycles. The lowest BCUT2D eigenvalue weighted by Crippen LogP contribution is -2.09. The van der Waals surface area contributed by atoms with Gasteiger partial charge in [-0.05, 0) is 39.8 Å². The Bertz CT molecular complexity index is 687. The fraction of sp³-hybridized carbons (Fsp3) is 0.0556. The highest BCUT2D eigenvalue weighted by molar-refractivity contribution is 14.1. The third-order valence-electron chi connectivity index (χ3n) is 3.46. The van der Waals surface area contributed by atoms with Gasteiger partial charge in [-0.3, -0.25) is 4.98 Å². The highest BCUT2D eigenvalue weighted by Gasteiger charge is 2.20. The Labute approximate surface area is 138 Å². The summed E-state index contributed by atoms with van der Waals surface area (Å²) >= 11 is 2.23. The first-order valence-corrected chi connectivity index (χ1v) is 7.84. The van der Waals surface area contributed by atoms with E-state index in [1.807, 2.05) is 48.7 Å². The van der Waals surface area contributed by atoms with Crippen LogP contribution in [-0.4, -0.2) is 4.98 Å². The van der Waals surface area contributed by atoms with E-state index in [1.165, 1.54) is 11.1 Å². The summed E-state index contributed by atoms with van der Waals surface area (Å²) < 4.78 is 1.05. The number of nitrogens with zero attached hydrogens (tertiary/aromatic N) is 1. The van der Waals surface area contributed by atoms with Crippen molar-refractivity contribution in [2.24, 2.45) is 0 Å². The van der Waals surface area contributed by atoms with Gasteiger partial charge in [0.25, 0.3) is 0 Å². The molecule has 0 amide bonds. The molecule has 0 saturated heterocycles. The van der Waals surface area contributed by atoms with Crippen LogP contribution >= 0.6 is 22.6 Å². The van der Waals surface area contributed by atoms with E-state index < -0.39 is 0 Å². The van der Waals surface area contributed by atoms with Crippen LogP contribution in [0.2, 0.25) is 0 Å². The van der Waals surface area contributed by atoms with Crippen molar-refractivity contribution < 1.29 is 0 Å². The van der Waals surface area contributed by atoms with E-state index in [4.69, 9.17) is 5.73 Å². The number of hydrogen-bond acceptors (Lipinski definition) is 2. The molecule has 1 aromatic heterocycles. The molecule has 104 valence electrons. The molecule has 2 nitrogen and oxygen atoms in total. The highest BCUT2D eigenvalue weighted by atomic mass is 127. The summed E-state index contributed by atoms with van der Waals surface area (Å²) in [6.45, 7) is 0. The van der Waals surface area contributed by atoms with Gasteiger partial charge in [-0.25, -0.2) is 0 Å². The van der Waals surface area contributed by atoms with Gasteiger partial charge in [-0.2, -0.15) is 0 Å². The van der Waals surface area contributed by atoms with Crippen molar-refractivity contribution in [1.82, 2.24) is 4.98 Å². The number of hydrogen-bond donors (Lipinski definition) is 1. The minimum absolute atomic E-state index is 0.0596. The van der Waals surface area contributed by atoms with E-state index in [0.29, 0.717) is 0 Å². The second kappa shape index (κ2) is 6.26. The van der Waals surface area contributed by atoms with Crippen molar-refractivity contribution in [3.63, 3.8) is 0 Å². The van der Waals surface area contributed by atoms with Gasteiger partial charge in [0.15, 0.2) is 0 Å². The Morgan fingerprint density at radius 2 is 1.38 bits per heavy atom. The first-order valence-electron chi connectivity index (χ1n) is 6.76. The zero-order valence-electron chi connectivity index (χ0n) is 11.4. The van der Waals surface area contributed by atoms with Crippen LogP contribution in [0.5, 0.6) is 0 Å². The van der Waals surface area contributed by atoms with Crippen molar-refractivity contribution in [2.75, 3.05) is 5.73 Å². The fourth-order valence-electron chi connectivity index (χ4n) is 2.51. The number of rotatable bonds is 3. The molecule has 0 spiro atoms. The van der Waals surface area contributed by atoms with E-state index >= 15 is 0 Å². The molecule has 21 heavy (non-hydrogen) atoms. The number of benzene rings is 2. The van der Waals surface area contributed by atoms with Crippen LogP contribution in [0.3, 0.4) is 0 Å². The first kappa shape index (κ1) is 14.1. The number of nitrogen functional groups attached to an aromatic ring is 1. The van der Waals surface area contributed by atoms with Crippen molar-refractivity contribution in [3.05, 3.63) is 93.3 Å². The molecule has 0 aliphatic rings. The van der Waals surface area contributed by atoms with E-state index in [0.717, 1.165) is 15.0 Å². The van der Waals surface area contributed by atoms with Crippen LogP contribution in [0.15, 0.2) is 72.9 Å². The highest BCUT2D eigenvalue weighted by Crippen LogP contribution is 2.33. The number of aromatic nitrogens is 1. The molecule has 0 atom stereocenters. The smallest absolute Gasteiger partial charge is 0.0752 e. The molecule has 0 saturated carbocycles. The predicted molar refractivity (Wildman–Crippen MR) is 95.2 cm³/mol. The molecule has 0 unspecified atom stereocenters. The second-order valence-electron chi connectivity index (χ2n) is 4.88. The van der Waals surface area contributed by atoms with Gasteiger partial charge in [-0.1, -0.05) is 60.7 Å². The fourth-order valence-corrected chi connectivity index (χ4v) is 2.98. The molecule has 0 radical (unpaired) electrons. The summed E-state index contributed by atoms with van der Waals surface area (Å²) in [5, 5.41) is 0. The SMILES string of the molecule is Nc1cc(I)cnc1C(c1ccccc1)c1ccccc1. The Hall–Kier alpha value is -1.88. The average Bonchev–Trinajstić information content (AvgIpc) is 2.52. The Morgan fingerprint density at radius 1 is 0.857 bits per heavy atom. The number of pyridine rings is 1. The molecule has 0 aliphatic carbocycles. The summed E-state index contributed by atoms with van der Waals surface area (Å²) in [6.07, 6.45) is 1.87. The number of nitrogens with two attached hydrogens (primary N) is 1. The van der Waals surface area contributed by atoms with Crippen molar-refractivity contribution >= 4 is 28.3 Å². The van der Waals surface area contributed by atoms with Gasteiger partial charge in [0.05, 0.1) is 17.3 Å². The van der Waals surface area contributed by atoms with Gasteiger partial charge in [0, 0.05) is 9.77 Å². The Morgan fingerprint density at radius 3 is 1.86 bits per heavy atom. The van der Waals surface area contributed by atoms with Gasteiger partial charge in [-0.15, -0.1) is 0 Å². The lowest BCUT2D eigenvalue weighted by molar-refractivity contribution is 0.921. The van der Waals surface area contributed by atoms with Gasteiger partial charge >= 0.3 is 0 Å². The summed E-state index contributed by atoms with van der Waals surface area (Å²) in [7, 11) is 0. The summed E-state index contributed by atoms with van der Waals surface area (Å²) in [6, 6.07) is 22.7. The molecular formula is C18H15IN2. The van der Waals surface area contributed by atoms with Crippen molar-refractivity contribution in [2.45, 2.75) is 5.92 Å². The first-order chi connectivity index (χ1) is 10.3. The van der Waals surface area contributed by atoms with Crippen LogP contribution < -0.4 is 5.73 Å². The summed E-state index contributed by atoms with van der Waals surface area (Å²) in [5.41, 5.74) is 10.3. The maximum atomic E-state index is 6.23. The van der Waals surface area contributed by atoms with Crippen LogP contribution in [0.25, 0.3) is 0 Å². The van der Waals surface area contributed by atoms with E-state index in [1.54, 1.807) is 0 Å². The zero-order chi connectivity index (χ0) is 14.7.